The standard InChI is InChI=1S/C17H23NO4/c1-16(2,3)21-14(19)12-10-11-8-7-9-18(11)13(12)15(20)22-17(4,5)6/h7-9H,10H2,1-6H3. The second-order valence-corrected chi connectivity index (χ2v) is 7.38. The first-order valence-corrected chi connectivity index (χ1v) is 7.34. The molecule has 0 radical (unpaired) electrons. The third-order valence-corrected chi connectivity index (χ3v) is 2.96. The van der Waals surface area contributed by atoms with Gasteiger partial charge < -0.3 is 14.0 Å². The minimum absolute atomic E-state index is 0.254. The van der Waals surface area contributed by atoms with E-state index in [-0.39, 0.29) is 5.70 Å². The van der Waals surface area contributed by atoms with E-state index in [1.807, 2.05) is 12.1 Å². The predicted octanol–water partition coefficient (Wildman–Crippen LogP) is 2.94. The molecule has 0 bridgehead atoms. The Balaban J connectivity index is 2.38. The van der Waals surface area contributed by atoms with Crippen LogP contribution < -0.4 is 0 Å². The molecule has 0 fully saturated rings. The molecule has 0 amide bonds. The van der Waals surface area contributed by atoms with Gasteiger partial charge in [-0.2, -0.15) is 0 Å². The van der Waals surface area contributed by atoms with Crippen LogP contribution in [0.3, 0.4) is 0 Å². The zero-order valence-electron chi connectivity index (χ0n) is 14.0. The second-order valence-electron chi connectivity index (χ2n) is 7.38. The molecule has 1 aliphatic rings. The molecule has 0 N–H and O–H groups in total. The van der Waals surface area contributed by atoms with Gasteiger partial charge in [-0.1, -0.05) is 0 Å². The monoisotopic (exact) mass is 305 g/mol. The van der Waals surface area contributed by atoms with Crippen molar-refractivity contribution in [2.45, 2.75) is 59.2 Å². The molecule has 1 aromatic rings. The van der Waals surface area contributed by atoms with E-state index in [0.717, 1.165) is 5.69 Å². The average Bonchev–Trinajstić information content (AvgIpc) is 2.81. The van der Waals surface area contributed by atoms with Crippen molar-refractivity contribution >= 4 is 17.6 Å². The van der Waals surface area contributed by atoms with Gasteiger partial charge in [0.1, 0.15) is 16.9 Å². The summed E-state index contributed by atoms with van der Waals surface area (Å²) in [5.74, 6) is -0.986. The van der Waals surface area contributed by atoms with E-state index in [0.29, 0.717) is 12.0 Å². The smallest absolute Gasteiger partial charge is 0.356 e. The van der Waals surface area contributed by atoms with Gasteiger partial charge >= 0.3 is 11.9 Å². The first kappa shape index (κ1) is 16.3. The van der Waals surface area contributed by atoms with Crippen molar-refractivity contribution in [1.29, 1.82) is 0 Å². The van der Waals surface area contributed by atoms with Gasteiger partial charge in [-0.25, -0.2) is 9.59 Å². The van der Waals surface area contributed by atoms with Crippen LogP contribution in [-0.4, -0.2) is 27.7 Å². The minimum Gasteiger partial charge on any atom is -0.457 e. The normalized spacial score (nSPS) is 14.8. The summed E-state index contributed by atoms with van der Waals surface area (Å²) in [6, 6.07) is 3.72. The van der Waals surface area contributed by atoms with Gasteiger partial charge in [-0.3, -0.25) is 0 Å². The van der Waals surface area contributed by atoms with Crippen LogP contribution in [0, 0.1) is 0 Å². The fourth-order valence-electron chi connectivity index (χ4n) is 2.25. The highest BCUT2D eigenvalue weighted by atomic mass is 16.6. The number of rotatable bonds is 2. The van der Waals surface area contributed by atoms with Gasteiger partial charge in [0.2, 0.25) is 0 Å². The maximum absolute atomic E-state index is 12.5. The molecule has 2 rings (SSSR count). The molecule has 0 aliphatic carbocycles. The number of esters is 2. The fourth-order valence-corrected chi connectivity index (χ4v) is 2.25. The molecule has 2 heterocycles. The maximum Gasteiger partial charge on any atom is 0.356 e. The van der Waals surface area contributed by atoms with E-state index in [1.54, 1.807) is 52.3 Å². The molecule has 1 aromatic heterocycles. The van der Waals surface area contributed by atoms with Crippen molar-refractivity contribution in [3.63, 3.8) is 0 Å². The van der Waals surface area contributed by atoms with Gasteiger partial charge in [0.05, 0.1) is 5.57 Å². The Morgan fingerprint density at radius 3 is 2.09 bits per heavy atom. The number of carbonyl (C=O) groups is 2. The molecule has 0 saturated carbocycles. The zero-order chi connectivity index (χ0) is 16.7. The number of fused-ring (bicyclic) bond motifs is 1. The summed E-state index contributed by atoms with van der Waals surface area (Å²) in [6.45, 7) is 10.8. The summed E-state index contributed by atoms with van der Waals surface area (Å²) >= 11 is 0. The van der Waals surface area contributed by atoms with E-state index in [9.17, 15) is 9.59 Å². The lowest BCUT2D eigenvalue weighted by atomic mass is 10.1. The number of hydrogen-bond acceptors (Lipinski definition) is 4. The zero-order valence-corrected chi connectivity index (χ0v) is 14.0. The van der Waals surface area contributed by atoms with Gasteiger partial charge in [0, 0.05) is 18.3 Å². The third-order valence-electron chi connectivity index (χ3n) is 2.96. The minimum atomic E-state index is -0.626. The van der Waals surface area contributed by atoms with Crippen molar-refractivity contribution in [2.24, 2.45) is 0 Å². The van der Waals surface area contributed by atoms with Crippen LogP contribution in [0.25, 0.3) is 5.70 Å². The lowest BCUT2D eigenvalue weighted by Gasteiger charge is -2.22. The van der Waals surface area contributed by atoms with Crippen molar-refractivity contribution < 1.29 is 19.1 Å². The number of aromatic nitrogens is 1. The van der Waals surface area contributed by atoms with Crippen molar-refractivity contribution in [2.75, 3.05) is 0 Å². The molecule has 0 unspecified atom stereocenters. The average molecular weight is 305 g/mol. The lowest BCUT2D eigenvalue weighted by Crippen LogP contribution is -2.28. The Kier molecular flexibility index (Phi) is 3.94. The van der Waals surface area contributed by atoms with E-state index < -0.39 is 23.1 Å². The van der Waals surface area contributed by atoms with Crippen LogP contribution in [0.5, 0.6) is 0 Å². The fraction of sp³-hybridized carbons (Fsp3) is 0.529. The molecular formula is C17H23NO4. The van der Waals surface area contributed by atoms with Crippen LogP contribution in [0.2, 0.25) is 0 Å². The molecule has 22 heavy (non-hydrogen) atoms. The molecule has 0 spiro atoms. The Morgan fingerprint density at radius 2 is 1.55 bits per heavy atom. The summed E-state index contributed by atoms with van der Waals surface area (Å²) in [5, 5.41) is 0. The van der Waals surface area contributed by atoms with Crippen LogP contribution in [0.1, 0.15) is 47.2 Å². The van der Waals surface area contributed by atoms with Gasteiger partial charge in [0.15, 0.2) is 0 Å². The summed E-state index contributed by atoms with van der Waals surface area (Å²) in [5.41, 5.74) is 0.241. The summed E-state index contributed by atoms with van der Waals surface area (Å²) in [6.07, 6.45) is 2.13. The molecule has 0 aromatic carbocycles. The van der Waals surface area contributed by atoms with Gasteiger partial charge in [0.25, 0.3) is 0 Å². The number of ether oxygens (including phenoxy) is 2. The number of hydrogen-bond donors (Lipinski definition) is 0. The quantitative estimate of drug-likeness (QED) is 0.788. The number of nitrogens with zero attached hydrogens (tertiary/aromatic N) is 1. The second kappa shape index (κ2) is 5.30. The summed E-state index contributed by atoms with van der Waals surface area (Å²) < 4.78 is 12.5. The highest BCUT2D eigenvalue weighted by molar-refractivity contribution is 6.19. The van der Waals surface area contributed by atoms with Crippen molar-refractivity contribution in [3.8, 4) is 0 Å². The largest absolute Gasteiger partial charge is 0.457 e. The molecule has 5 heteroatoms. The SMILES string of the molecule is CC(C)(C)OC(=O)C1=C(C(=O)OC(C)(C)C)n2cccc2C1. The van der Waals surface area contributed by atoms with E-state index in [2.05, 4.69) is 0 Å². The highest BCUT2D eigenvalue weighted by Gasteiger charge is 2.35. The maximum atomic E-state index is 12.5. The van der Waals surface area contributed by atoms with Crippen LogP contribution in [-0.2, 0) is 25.5 Å². The van der Waals surface area contributed by atoms with E-state index in [4.69, 9.17) is 9.47 Å². The lowest BCUT2D eigenvalue weighted by molar-refractivity contribution is -0.152. The molecule has 0 atom stereocenters. The summed E-state index contributed by atoms with van der Waals surface area (Å²) in [7, 11) is 0. The Labute approximate surface area is 130 Å². The van der Waals surface area contributed by atoms with E-state index >= 15 is 0 Å². The van der Waals surface area contributed by atoms with E-state index in [1.165, 1.54) is 0 Å². The first-order chi connectivity index (χ1) is 9.98. The topological polar surface area (TPSA) is 57.5 Å². The number of carbonyl (C=O) groups excluding carboxylic acids is 2. The molecule has 5 nitrogen and oxygen atoms in total. The molecule has 0 saturated heterocycles. The van der Waals surface area contributed by atoms with Crippen LogP contribution in [0.15, 0.2) is 23.9 Å². The van der Waals surface area contributed by atoms with Gasteiger partial charge in [-0.05, 0) is 53.7 Å². The Bertz CT molecular complexity index is 638. The van der Waals surface area contributed by atoms with Crippen LogP contribution >= 0.6 is 0 Å². The predicted molar refractivity (Wildman–Crippen MR) is 83.0 cm³/mol. The van der Waals surface area contributed by atoms with Crippen molar-refractivity contribution in [3.05, 3.63) is 29.6 Å². The Hall–Kier alpha value is -2.04. The molecule has 1 aliphatic heterocycles. The summed E-state index contributed by atoms with van der Waals surface area (Å²) in [4.78, 5) is 24.9. The van der Waals surface area contributed by atoms with Gasteiger partial charge in [-0.15, -0.1) is 0 Å². The van der Waals surface area contributed by atoms with Crippen molar-refractivity contribution in [1.82, 2.24) is 4.57 Å². The molecular weight excluding hydrogens is 282 g/mol. The highest BCUT2D eigenvalue weighted by Crippen LogP contribution is 2.30. The third kappa shape index (κ3) is 3.59. The first-order valence-electron chi connectivity index (χ1n) is 7.34. The Morgan fingerprint density at radius 1 is 1.00 bits per heavy atom. The van der Waals surface area contributed by atoms with Crippen LogP contribution in [0.4, 0.5) is 0 Å². The molecule has 120 valence electrons.